The molecule has 2 N–H and O–H groups in total. The number of thiazole rings is 1. The molecule has 0 aliphatic carbocycles. The monoisotopic (exact) mass is 323 g/mol. The lowest BCUT2D eigenvalue weighted by Gasteiger charge is -2.32. The number of hydrogen-bond acceptors (Lipinski definition) is 4. The van der Waals surface area contributed by atoms with Crippen molar-refractivity contribution in [2.75, 3.05) is 33.2 Å². The Balaban J connectivity index is 1.67. The van der Waals surface area contributed by atoms with Crippen molar-refractivity contribution >= 4 is 17.3 Å². The lowest BCUT2D eigenvalue weighted by molar-refractivity contribution is 0.206. The highest BCUT2D eigenvalue weighted by atomic mass is 32.1. The van der Waals surface area contributed by atoms with Crippen LogP contribution in [0.2, 0.25) is 0 Å². The Kier molecular flexibility index (Phi) is 7.12. The summed E-state index contributed by atoms with van der Waals surface area (Å²) in [5.41, 5.74) is 1.17. The summed E-state index contributed by atoms with van der Waals surface area (Å²) in [5.74, 6) is 0.917. The van der Waals surface area contributed by atoms with E-state index < -0.39 is 0 Å². The first-order chi connectivity index (χ1) is 10.7. The van der Waals surface area contributed by atoms with E-state index in [4.69, 9.17) is 0 Å². The van der Waals surface area contributed by atoms with Crippen molar-refractivity contribution in [1.29, 1.82) is 0 Å². The molecule has 2 heterocycles. The molecular formula is C16H29N5S. The number of hydrogen-bond donors (Lipinski definition) is 2. The molecule has 0 spiro atoms. The number of aromatic nitrogens is 1. The first-order valence-corrected chi connectivity index (χ1v) is 9.19. The van der Waals surface area contributed by atoms with E-state index in [0.29, 0.717) is 6.04 Å². The summed E-state index contributed by atoms with van der Waals surface area (Å²) >= 11 is 1.71. The number of rotatable bonds is 6. The second-order valence-corrected chi connectivity index (χ2v) is 6.93. The predicted molar refractivity (Wildman–Crippen MR) is 94.8 cm³/mol. The van der Waals surface area contributed by atoms with Crippen LogP contribution in [0.15, 0.2) is 10.4 Å². The molecule has 0 saturated carbocycles. The molecule has 0 unspecified atom stereocenters. The van der Waals surface area contributed by atoms with Gasteiger partial charge in [0, 0.05) is 44.5 Å². The molecule has 1 saturated heterocycles. The quantitative estimate of drug-likeness (QED) is 0.621. The fourth-order valence-corrected chi connectivity index (χ4v) is 3.48. The molecule has 5 nitrogen and oxygen atoms in total. The van der Waals surface area contributed by atoms with Gasteiger partial charge in [-0.2, -0.15) is 0 Å². The maximum Gasteiger partial charge on any atom is 0.191 e. The summed E-state index contributed by atoms with van der Waals surface area (Å²) in [7, 11) is 1.84. The average molecular weight is 324 g/mol. The highest BCUT2D eigenvalue weighted by Crippen LogP contribution is 2.10. The van der Waals surface area contributed by atoms with Crippen molar-refractivity contribution < 1.29 is 0 Å². The Morgan fingerprint density at radius 1 is 1.45 bits per heavy atom. The minimum absolute atomic E-state index is 0.542. The fourth-order valence-electron chi connectivity index (χ4n) is 2.84. The standard InChI is InChI=1S/C16H29N5S/c1-4-9-21-10-6-14(7-11-21)20-16(17-3)18-8-5-15-12-22-13(2)19-15/h12,14H,4-11H2,1-3H3,(H2,17,18,20). The first kappa shape index (κ1) is 17.2. The highest BCUT2D eigenvalue weighted by molar-refractivity contribution is 7.09. The van der Waals surface area contributed by atoms with Crippen LogP contribution in [0.1, 0.15) is 36.9 Å². The van der Waals surface area contributed by atoms with Crippen LogP contribution in [0, 0.1) is 6.92 Å². The smallest absolute Gasteiger partial charge is 0.191 e. The minimum Gasteiger partial charge on any atom is -0.356 e. The first-order valence-electron chi connectivity index (χ1n) is 8.31. The van der Waals surface area contributed by atoms with Gasteiger partial charge in [0.25, 0.3) is 0 Å². The van der Waals surface area contributed by atoms with E-state index in [1.54, 1.807) is 11.3 Å². The lowest BCUT2D eigenvalue weighted by Crippen LogP contribution is -2.49. The number of nitrogens with zero attached hydrogens (tertiary/aromatic N) is 3. The third-order valence-corrected chi connectivity index (χ3v) is 4.85. The molecule has 1 aliphatic heterocycles. The lowest BCUT2D eigenvalue weighted by atomic mass is 10.1. The number of likely N-dealkylation sites (tertiary alicyclic amines) is 1. The zero-order chi connectivity index (χ0) is 15.8. The normalized spacial score (nSPS) is 17.7. The maximum absolute atomic E-state index is 4.49. The maximum atomic E-state index is 4.49. The number of piperidine rings is 1. The SMILES string of the molecule is CCCN1CCC(NC(=NC)NCCc2csc(C)n2)CC1. The van der Waals surface area contributed by atoms with Crippen molar-refractivity contribution in [3.8, 4) is 0 Å². The Hall–Kier alpha value is -1.14. The molecular weight excluding hydrogens is 294 g/mol. The van der Waals surface area contributed by atoms with Gasteiger partial charge in [-0.25, -0.2) is 4.98 Å². The number of aryl methyl sites for hydroxylation is 1. The second-order valence-electron chi connectivity index (χ2n) is 5.87. The van der Waals surface area contributed by atoms with E-state index in [0.717, 1.165) is 23.9 Å². The molecule has 1 aromatic heterocycles. The van der Waals surface area contributed by atoms with Crippen molar-refractivity contribution in [1.82, 2.24) is 20.5 Å². The summed E-state index contributed by atoms with van der Waals surface area (Å²) in [5, 5.41) is 10.2. The van der Waals surface area contributed by atoms with Gasteiger partial charge in [0.2, 0.25) is 0 Å². The van der Waals surface area contributed by atoms with Crippen molar-refractivity contribution in [2.45, 2.75) is 45.6 Å². The van der Waals surface area contributed by atoms with Crippen molar-refractivity contribution in [2.24, 2.45) is 4.99 Å². The second kappa shape index (κ2) is 9.10. The van der Waals surface area contributed by atoms with Gasteiger partial charge >= 0.3 is 0 Å². The molecule has 124 valence electrons. The van der Waals surface area contributed by atoms with Crippen LogP contribution < -0.4 is 10.6 Å². The zero-order valence-electron chi connectivity index (χ0n) is 14.1. The van der Waals surface area contributed by atoms with Gasteiger partial charge in [-0.05, 0) is 32.7 Å². The van der Waals surface area contributed by atoms with Crippen LogP contribution in [0.3, 0.4) is 0 Å². The molecule has 0 atom stereocenters. The van der Waals surface area contributed by atoms with Gasteiger partial charge in [-0.3, -0.25) is 4.99 Å². The highest BCUT2D eigenvalue weighted by Gasteiger charge is 2.19. The molecule has 0 aromatic carbocycles. The van der Waals surface area contributed by atoms with Crippen LogP contribution in [0.4, 0.5) is 0 Å². The van der Waals surface area contributed by atoms with Gasteiger partial charge in [0.05, 0.1) is 10.7 Å². The Morgan fingerprint density at radius 3 is 2.82 bits per heavy atom. The topological polar surface area (TPSA) is 52.5 Å². The third-order valence-electron chi connectivity index (χ3n) is 4.03. The molecule has 2 rings (SSSR count). The molecule has 1 fully saturated rings. The average Bonchev–Trinajstić information content (AvgIpc) is 2.94. The fraction of sp³-hybridized carbons (Fsp3) is 0.750. The number of aliphatic imine (C=N–C) groups is 1. The largest absolute Gasteiger partial charge is 0.356 e. The molecule has 1 aromatic rings. The van der Waals surface area contributed by atoms with Crippen LogP contribution in [0.5, 0.6) is 0 Å². The molecule has 0 amide bonds. The Labute approximate surface area is 138 Å². The Morgan fingerprint density at radius 2 is 2.23 bits per heavy atom. The summed E-state index contributed by atoms with van der Waals surface area (Å²) in [6.07, 6.45) is 4.59. The van der Waals surface area contributed by atoms with Gasteiger partial charge in [-0.1, -0.05) is 6.92 Å². The van der Waals surface area contributed by atoms with E-state index in [2.05, 4.69) is 37.8 Å². The van der Waals surface area contributed by atoms with Gasteiger partial charge in [0.1, 0.15) is 0 Å². The van der Waals surface area contributed by atoms with Crippen LogP contribution in [-0.2, 0) is 6.42 Å². The minimum atomic E-state index is 0.542. The van der Waals surface area contributed by atoms with Crippen LogP contribution >= 0.6 is 11.3 Å². The summed E-state index contributed by atoms with van der Waals surface area (Å²) < 4.78 is 0. The van der Waals surface area contributed by atoms with E-state index >= 15 is 0 Å². The summed E-state index contributed by atoms with van der Waals surface area (Å²) in [4.78, 5) is 11.4. The number of guanidine groups is 1. The van der Waals surface area contributed by atoms with Crippen molar-refractivity contribution in [3.05, 3.63) is 16.1 Å². The number of nitrogens with one attached hydrogen (secondary N) is 2. The molecule has 6 heteroatoms. The predicted octanol–water partition coefficient (Wildman–Crippen LogP) is 2.03. The van der Waals surface area contributed by atoms with E-state index in [1.165, 1.54) is 44.6 Å². The molecule has 0 radical (unpaired) electrons. The van der Waals surface area contributed by atoms with Crippen LogP contribution in [0.25, 0.3) is 0 Å². The van der Waals surface area contributed by atoms with Gasteiger partial charge in [0.15, 0.2) is 5.96 Å². The van der Waals surface area contributed by atoms with Crippen LogP contribution in [-0.4, -0.2) is 55.1 Å². The molecule has 0 bridgehead atoms. The van der Waals surface area contributed by atoms with E-state index in [-0.39, 0.29) is 0 Å². The van der Waals surface area contributed by atoms with Crippen molar-refractivity contribution in [3.63, 3.8) is 0 Å². The molecule has 22 heavy (non-hydrogen) atoms. The Bertz CT molecular complexity index is 463. The van der Waals surface area contributed by atoms with Gasteiger partial charge < -0.3 is 15.5 Å². The molecule has 1 aliphatic rings. The zero-order valence-corrected chi connectivity index (χ0v) is 14.9. The van der Waals surface area contributed by atoms with Gasteiger partial charge in [-0.15, -0.1) is 11.3 Å². The summed E-state index contributed by atoms with van der Waals surface area (Å²) in [6, 6.07) is 0.542. The van der Waals surface area contributed by atoms with E-state index in [9.17, 15) is 0 Å². The third kappa shape index (κ3) is 5.57. The summed E-state index contributed by atoms with van der Waals surface area (Å²) in [6.45, 7) is 8.79. The van der Waals surface area contributed by atoms with E-state index in [1.807, 2.05) is 14.0 Å².